The van der Waals surface area contributed by atoms with Crippen LogP contribution in [0.1, 0.15) is 10.4 Å². The number of halogens is 3. The molecule has 0 saturated heterocycles. The summed E-state index contributed by atoms with van der Waals surface area (Å²) in [6.07, 6.45) is -4.65. The molecule has 9 heteroatoms. The van der Waals surface area contributed by atoms with Crippen LogP contribution in [0.4, 0.5) is 13.2 Å². The van der Waals surface area contributed by atoms with Crippen molar-refractivity contribution < 1.29 is 31.5 Å². The molecule has 1 N–H and O–H groups in total. The van der Waals surface area contributed by atoms with Crippen molar-refractivity contribution in [3.8, 4) is 0 Å². The zero-order valence-electron chi connectivity index (χ0n) is 9.68. The zero-order valence-corrected chi connectivity index (χ0v) is 10.5. The second-order valence-electron chi connectivity index (χ2n) is 3.71. The quantitative estimate of drug-likeness (QED) is 0.915. The summed E-state index contributed by atoms with van der Waals surface area (Å²) in [5, 5.41) is 8.63. The van der Waals surface area contributed by atoms with E-state index < -0.39 is 33.6 Å². The maximum Gasteiger partial charge on any atom is 0.402 e. The molecule has 0 atom stereocenters. The van der Waals surface area contributed by atoms with Crippen LogP contribution in [0.15, 0.2) is 29.2 Å². The van der Waals surface area contributed by atoms with Crippen molar-refractivity contribution in [2.45, 2.75) is 11.1 Å². The molecule has 1 aromatic rings. The number of nitrogens with zero attached hydrogens (tertiary/aromatic N) is 1. The van der Waals surface area contributed by atoms with Gasteiger partial charge in [-0.2, -0.15) is 17.5 Å². The highest BCUT2D eigenvalue weighted by molar-refractivity contribution is 7.89. The highest BCUT2D eigenvalue weighted by Crippen LogP contribution is 2.21. The minimum atomic E-state index is -4.65. The minimum absolute atomic E-state index is 0.155. The number of sulfonamides is 1. The summed E-state index contributed by atoms with van der Waals surface area (Å²) in [6.45, 7) is -1.62. The lowest BCUT2D eigenvalue weighted by Gasteiger charge is -2.18. The molecule has 0 saturated carbocycles. The van der Waals surface area contributed by atoms with Crippen LogP contribution in [0.25, 0.3) is 0 Å². The van der Waals surface area contributed by atoms with E-state index in [1.54, 1.807) is 0 Å². The van der Waals surface area contributed by atoms with Crippen LogP contribution < -0.4 is 0 Å². The number of hydrogen-bond acceptors (Lipinski definition) is 3. The average Bonchev–Trinajstić information content (AvgIpc) is 2.26. The molecule has 0 spiro atoms. The Hall–Kier alpha value is -1.61. The number of hydrogen-bond donors (Lipinski definition) is 1. The Balaban J connectivity index is 3.03. The molecule has 5 nitrogen and oxygen atoms in total. The molecule has 0 unspecified atom stereocenters. The third-order valence-electron chi connectivity index (χ3n) is 2.21. The van der Waals surface area contributed by atoms with Crippen molar-refractivity contribution in [2.24, 2.45) is 0 Å². The van der Waals surface area contributed by atoms with Gasteiger partial charge in [-0.25, -0.2) is 13.2 Å². The molecular weight excluding hydrogens is 287 g/mol. The van der Waals surface area contributed by atoms with Gasteiger partial charge in [0.2, 0.25) is 10.0 Å². The van der Waals surface area contributed by atoms with Gasteiger partial charge in [0.25, 0.3) is 0 Å². The number of benzene rings is 1. The normalized spacial score (nSPS) is 12.7. The average molecular weight is 297 g/mol. The van der Waals surface area contributed by atoms with Gasteiger partial charge in [0.1, 0.15) is 6.54 Å². The van der Waals surface area contributed by atoms with Gasteiger partial charge in [-0.3, -0.25) is 0 Å². The van der Waals surface area contributed by atoms with E-state index in [0.717, 1.165) is 31.3 Å². The van der Waals surface area contributed by atoms with Gasteiger partial charge in [-0.1, -0.05) is 0 Å². The van der Waals surface area contributed by atoms with Crippen LogP contribution in [0.3, 0.4) is 0 Å². The summed E-state index contributed by atoms with van der Waals surface area (Å²) < 4.78 is 60.1. The van der Waals surface area contributed by atoms with Crippen molar-refractivity contribution in [2.75, 3.05) is 13.6 Å². The lowest BCUT2D eigenvalue weighted by molar-refractivity contribution is -0.134. The van der Waals surface area contributed by atoms with Gasteiger partial charge in [0, 0.05) is 7.05 Å². The molecule has 0 radical (unpaired) electrons. The molecule has 1 rings (SSSR count). The molecule has 0 amide bonds. The third kappa shape index (κ3) is 3.93. The molecule has 0 aliphatic heterocycles. The first-order valence-corrected chi connectivity index (χ1v) is 6.34. The van der Waals surface area contributed by atoms with Crippen molar-refractivity contribution in [1.29, 1.82) is 0 Å². The Morgan fingerprint density at radius 1 is 1.26 bits per heavy atom. The summed E-state index contributed by atoms with van der Waals surface area (Å²) in [6, 6.07) is 3.92. The smallest absolute Gasteiger partial charge is 0.402 e. The van der Waals surface area contributed by atoms with Crippen LogP contribution in [0.5, 0.6) is 0 Å². The van der Waals surface area contributed by atoms with E-state index in [1.165, 1.54) is 0 Å². The van der Waals surface area contributed by atoms with Gasteiger partial charge in [-0.15, -0.1) is 0 Å². The van der Waals surface area contributed by atoms with Crippen molar-refractivity contribution in [3.63, 3.8) is 0 Å². The van der Waals surface area contributed by atoms with Gasteiger partial charge in [0.05, 0.1) is 10.5 Å². The molecule has 0 fully saturated rings. The van der Waals surface area contributed by atoms with Gasteiger partial charge >= 0.3 is 12.1 Å². The number of rotatable bonds is 4. The van der Waals surface area contributed by atoms with E-state index >= 15 is 0 Å². The first-order valence-electron chi connectivity index (χ1n) is 4.90. The first-order chi connectivity index (χ1) is 8.54. The van der Waals surface area contributed by atoms with Crippen LogP contribution in [-0.2, 0) is 10.0 Å². The molecule has 1 aromatic carbocycles. The topological polar surface area (TPSA) is 74.7 Å². The number of aromatic carboxylic acids is 1. The Morgan fingerprint density at radius 2 is 1.74 bits per heavy atom. The summed E-state index contributed by atoms with van der Waals surface area (Å²) in [4.78, 5) is 10.2. The standard InChI is InChI=1S/C10H10F3NO4S/c1-14(6-10(11,12)13)19(17,18)8-4-2-7(3-5-8)9(15)16/h2-5H,6H2,1H3,(H,15,16). The summed E-state index contributed by atoms with van der Waals surface area (Å²) in [7, 11) is -3.49. The first kappa shape index (κ1) is 15.4. The van der Waals surface area contributed by atoms with Gasteiger partial charge in [0.15, 0.2) is 0 Å². The summed E-state index contributed by atoms with van der Waals surface area (Å²) in [5.41, 5.74) is -0.155. The molecule has 0 heterocycles. The third-order valence-corrected chi connectivity index (χ3v) is 4.03. The van der Waals surface area contributed by atoms with Crippen LogP contribution in [0.2, 0.25) is 0 Å². The Labute approximate surface area is 107 Å². The highest BCUT2D eigenvalue weighted by atomic mass is 32.2. The van der Waals surface area contributed by atoms with Crippen LogP contribution in [-0.4, -0.2) is 43.6 Å². The van der Waals surface area contributed by atoms with Gasteiger partial charge in [-0.05, 0) is 24.3 Å². The fraction of sp³-hybridized carbons (Fsp3) is 0.300. The fourth-order valence-electron chi connectivity index (χ4n) is 1.29. The number of carbonyl (C=O) groups is 1. The molecule has 0 aliphatic carbocycles. The minimum Gasteiger partial charge on any atom is -0.478 e. The van der Waals surface area contributed by atoms with Gasteiger partial charge < -0.3 is 5.11 Å². The summed E-state index contributed by atoms with van der Waals surface area (Å²) >= 11 is 0. The lowest BCUT2D eigenvalue weighted by Crippen LogP contribution is -2.35. The Bertz CT molecular complexity index is 565. The second kappa shape index (κ2) is 5.17. The van der Waals surface area contributed by atoms with E-state index in [9.17, 15) is 26.4 Å². The predicted octanol–water partition coefficient (Wildman–Crippen LogP) is 1.57. The van der Waals surface area contributed by atoms with Crippen LogP contribution in [0, 0.1) is 0 Å². The predicted molar refractivity (Wildman–Crippen MR) is 59.3 cm³/mol. The molecule has 0 aromatic heterocycles. The summed E-state index contributed by atoms with van der Waals surface area (Å²) in [5.74, 6) is -1.26. The lowest BCUT2D eigenvalue weighted by atomic mass is 10.2. The molecule has 19 heavy (non-hydrogen) atoms. The maximum absolute atomic E-state index is 12.1. The Morgan fingerprint density at radius 3 is 2.11 bits per heavy atom. The van der Waals surface area contributed by atoms with E-state index in [2.05, 4.69) is 0 Å². The van der Waals surface area contributed by atoms with Crippen molar-refractivity contribution in [1.82, 2.24) is 4.31 Å². The highest BCUT2D eigenvalue weighted by Gasteiger charge is 2.34. The zero-order chi connectivity index (χ0) is 14.8. The van der Waals surface area contributed by atoms with Crippen LogP contribution >= 0.6 is 0 Å². The van der Waals surface area contributed by atoms with Crippen molar-refractivity contribution >= 4 is 16.0 Å². The molecule has 106 valence electrons. The molecular formula is C10H10F3NO4S. The number of alkyl halides is 3. The van der Waals surface area contributed by atoms with E-state index in [0.29, 0.717) is 0 Å². The Kier molecular flexibility index (Phi) is 4.21. The fourth-order valence-corrected chi connectivity index (χ4v) is 2.44. The second-order valence-corrected chi connectivity index (χ2v) is 5.75. The largest absolute Gasteiger partial charge is 0.478 e. The van der Waals surface area contributed by atoms with E-state index in [1.807, 2.05) is 0 Å². The van der Waals surface area contributed by atoms with Crippen molar-refractivity contribution in [3.05, 3.63) is 29.8 Å². The van der Waals surface area contributed by atoms with E-state index in [4.69, 9.17) is 5.11 Å². The number of carboxylic acid groups (broad SMARTS) is 1. The molecule has 0 bridgehead atoms. The monoisotopic (exact) mass is 297 g/mol. The van der Waals surface area contributed by atoms with E-state index in [-0.39, 0.29) is 9.87 Å². The molecule has 0 aliphatic rings. The SMILES string of the molecule is CN(CC(F)(F)F)S(=O)(=O)c1ccc(C(=O)O)cc1. The maximum atomic E-state index is 12.1. The number of carboxylic acids is 1.